The monoisotopic (exact) mass is 253 g/mol. The Morgan fingerprint density at radius 2 is 2.28 bits per heavy atom. The summed E-state index contributed by atoms with van der Waals surface area (Å²) in [5.41, 5.74) is 7.07. The highest BCUT2D eigenvalue weighted by Crippen LogP contribution is 2.19. The molecule has 1 atom stereocenters. The maximum absolute atomic E-state index is 9.14. The summed E-state index contributed by atoms with van der Waals surface area (Å²) in [6, 6.07) is 5.41. The summed E-state index contributed by atoms with van der Waals surface area (Å²) in [4.78, 5) is 0. The molecule has 0 heterocycles. The molecule has 0 aromatic heterocycles. The molecule has 18 heavy (non-hydrogen) atoms. The van der Waals surface area contributed by atoms with E-state index in [-0.39, 0.29) is 5.84 Å². The molecule has 0 radical (unpaired) electrons. The molecular weight excluding hydrogens is 234 g/mol. The predicted molar refractivity (Wildman–Crippen MR) is 68.9 cm³/mol. The molecule has 6 nitrogen and oxygen atoms in total. The van der Waals surface area contributed by atoms with E-state index in [1.54, 1.807) is 19.1 Å². The molecule has 0 spiro atoms. The number of benzene rings is 1. The Labute approximate surface area is 106 Å². The number of rotatable bonds is 6. The Morgan fingerprint density at radius 1 is 1.56 bits per heavy atom. The zero-order valence-electron chi connectivity index (χ0n) is 10.6. The molecular formula is C12H19N3O3. The van der Waals surface area contributed by atoms with Gasteiger partial charge in [0.2, 0.25) is 0 Å². The third-order valence-electron chi connectivity index (χ3n) is 2.42. The number of nitrogens with one attached hydrogen (secondary N) is 1. The number of aliphatic hydroxyl groups is 1. The standard InChI is InChI=1S/C12H19N3O3/c1-8(16)6-14-7-9-3-4-11(18-2)10(5-9)12(13)15-17/h3-5,8,14,16-17H,6-7H2,1-2H3,(H2,13,15). The van der Waals surface area contributed by atoms with Gasteiger partial charge in [0.05, 0.1) is 18.8 Å². The Balaban J connectivity index is 2.83. The number of amidine groups is 1. The molecule has 1 aromatic rings. The fraction of sp³-hybridized carbons (Fsp3) is 0.417. The van der Waals surface area contributed by atoms with Crippen LogP contribution in [0.15, 0.2) is 23.4 Å². The number of hydrogen-bond donors (Lipinski definition) is 4. The van der Waals surface area contributed by atoms with Gasteiger partial charge in [-0.15, -0.1) is 0 Å². The van der Waals surface area contributed by atoms with Crippen LogP contribution in [0.3, 0.4) is 0 Å². The lowest BCUT2D eigenvalue weighted by atomic mass is 10.1. The van der Waals surface area contributed by atoms with Gasteiger partial charge in [0.25, 0.3) is 0 Å². The first-order chi connectivity index (χ1) is 8.58. The van der Waals surface area contributed by atoms with Crippen molar-refractivity contribution < 1.29 is 15.1 Å². The second-order valence-corrected chi connectivity index (χ2v) is 4.00. The van der Waals surface area contributed by atoms with Crippen molar-refractivity contribution in [1.82, 2.24) is 5.32 Å². The van der Waals surface area contributed by atoms with E-state index in [2.05, 4.69) is 10.5 Å². The minimum absolute atomic E-state index is 0.00391. The molecule has 1 rings (SSSR count). The molecule has 6 heteroatoms. The highest BCUT2D eigenvalue weighted by Gasteiger charge is 2.09. The molecule has 0 aliphatic rings. The lowest BCUT2D eigenvalue weighted by molar-refractivity contribution is 0.191. The lowest BCUT2D eigenvalue weighted by Crippen LogP contribution is -2.24. The van der Waals surface area contributed by atoms with Gasteiger partial charge in [0.15, 0.2) is 5.84 Å². The Morgan fingerprint density at radius 3 is 2.83 bits per heavy atom. The molecule has 1 aromatic carbocycles. The zero-order valence-corrected chi connectivity index (χ0v) is 10.6. The number of nitrogens with zero attached hydrogens (tertiary/aromatic N) is 1. The van der Waals surface area contributed by atoms with Gasteiger partial charge in [-0.3, -0.25) is 0 Å². The Bertz CT molecular complexity index is 419. The summed E-state index contributed by atoms with van der Waals surface area (Å²) in [6.45, 7) is 2.80. The highest BCUT2D eigenvalue weighted by atomic mass is 16.5. The molecule has 0 aliphatic heterocycles. The van der Waals surface area contributed by atoms with Crippen LogP contribution >= 0.6 is 0 Å². The van der Waals surface area contributed by atoms with Gasteiger partial charge in [-0.2, -0.15) is 0 Å². The summed E-state index contributed by atoms with van der Waals surface area (Å²) in [5.74, 6) is 0.550. The van der Waals surface area contributed by atoms with Crippen molar-refractivity contribution in [3.63, 3.8) is 0 Å². The van der Waals surface area contributed by atoms with Crippen LogP contribution in [0.1, 0.15) is 18.1 Å². The van der Waals surface area contributed by atoms with Crippen LogP contribution in [0.5, 0.6) is 5.75 Å². The number of aliphatic hydroxyl groups excluding tert-OH is 1. The maximum atomic E-state index is 9.14. The molecule has 0 saturated heterocycles. The average Bonchev–Trinajstić information content (AvgIpc) is 2.37. The van der Waals surface area contributed by atoms with E-state index in [9.17, 15) is 0 Å². The van der Waals surface area contributed by atoms with Gasteiger partial charge in [-0.05, 0) is 24.6 Å². The van der Waals surface area contributed by atoms with Crippen molar-refractivity contribution in [2.45, 2.75) is 19.6 Å². The number of oxime groups is 1. The minimum atomic E-state index is -0.396. The van der Waals surface area contributed by atoms with Crippen LogP contribution in [0, 0.1) is 0 Å². The van der Waals surface area contributed by atoms with Gasteiger partial charge in [0, 0.05) is 13.1 Å². The molecule has 100 valence electrons. The highest BCUT2D eigenvalue weighted by molar-refractivity contribution is 5.99. The van der Waals surface area contributed by atoms with E-state index >= 15 is 0 Å². The van der Waals surface area contributed by atoms with E-state index in [0.29, 0.717) is 24.4 Å². The molecule has 0 amide bonds. The van der Waals surface area contributed by atoms with Crippen molar-refractivity contribution in [2.24, 2.45) is 10.9 Å². The normalized spacial score (nSPS) is 13.4. The van der Waals surface area contributed by atoms with Gasteiger partial charge >= 0.3 is 0 Å². The van der Waals surface area contributed by atoms with E-state index in [0.717, 1.165) is 5.56 Å². The van der Waals surface area contributed by atoms with Crippen molar-refractivity contribution in [1.29, 1.82) is 0 Å². The summed E-state index contributed by atoms with van der Waals surface area (Å²) in [5, 5.41) is 23.9. The van der Waals surface area contributed by atoms with Gasteiger partial charge in [-0.1, -0.05) is 11.2 Å². The second kappa shape index (κ2) is 6.83. The van der Waals surface area contributed by atoms with Crippen LogP contribution in [0.4, 0.5) is 0 Å². The van der Waals surface area contributed by atoms with E-state index in [4.69, 9.17) is 20.8 Å². The molecule has 0 bridgehead atoms. The molecule has 0 fully saturated rings. The topological polar surface area (TPSA) is 100 Å². The summed E-state index contributed by atoms with van der Waals surface area (Å²) in [6.07, 6.45) is -0.396. The smallest absolute Gasteiger partial charge is 0.173 e. The first-order valence-electron chi connectivity index (χ1n) is 5.62. The maximum Gasteiger partial charge on any atom is 0.173 e. The van der Waals surface area contributed by atoms with Gasteiger partial charge < -0.3 is 26.1 Å². The van der Waals surface area contributed by atoms with Crippen LogP contribution in [0.25, 0.3) is 0 Å². The second-order valence-electron chi connectivity index (χ2n) is 4.00. The first-order valence-corrected chi connectivity index (χ1v) is 5.62. The van der Waals surface area contributed by atoms with Crippen LogP contribution < -0.4 is 15.8 Å². The number of ether oxygens (including phenoxy) is 1. The summed E-state index contributed by atoms with van der Waals surface area (Å²) < 4.78 is 5.13. The minimum Gasteiger partial charge on any atom is -0.496 e. The largest absolute Gasteiger partial charge is 0.496 e. The molecule has 0 saturated carbocycles. The number of nitrogens with two attached hydrogens (primary N) is 1. The number of methoxy groups -OCH3 is 1. The van der Waals surface area contributed by atoms with Crippen molar-refractivity contribution >= 4 is 5.84 Å². The molecule has 1 unspecified atom stereocenters. The average molecular weight is 253 g/mol. The molecule has 0 aliphatic carbocycles. The van der Waals surface area contributed by atoms with E-state index < -0.39 is 6.10 Å². The predicted octanol–water partition coefficient (Wildman–Crippen LogP) is 0.260. The van der Waals surface area contributed by atoms with Crippen LogP contribution in [0.2, 0.25) is 0 Å². The third kappa shape index (κ3) is 3.90. The van der Waals surface area contributed by atoms with Crippen molar-refractivity contribution in [2.75, 3.05) is 13.7 Å². The van der Waals surface area contributed by atoms with Crippen LogP contribution in [-0.4, -0.2) is 35.9 Å². The van der Waals surface area contributed by atoms with Crippen molar-refractivity contribution in [3.8, 4) is 5.75 Å². The summed E-state index contributed by atoms with van der Waals surface area (Å²) >= 11 is 0. The number of hydrogen-bond acceptors (Lipinski definition) is 5. The first kappa shape index (κ1) is 14.3. The van der Waals surface area contributed by atoms with Gasteiger partial charge in [0.1, 0.15) is 5.75 Å². The van der Waals surface area contributed by atoms with Crippen molar-refractivity contribution in [3.05, 3.63) is 29.3 Å². The zero-order chi connectivity index (χ0) is 13.5. The van der Waals surface area contributed by atoms with E-state index in [1.807, 2.05) is 6.07 Å². The third-order valence-corrected chi connectivity index (χ3v) is 2.42. The van der Waals surface area contributed by atoms with Crippen LogP contribution in [-0.2, 0) is 6.54 Å². The fourth-order valence-corrected chi connectivity index (χ4v) is 1.54. The Hall–Kier alpha value is -1.79. The quantitative estimate of drug-likeness (QED) is 0.252. The van der Waals surface area contributed by atoms with Gasteiger partial charge in [-0.25, -0.2) is 0 Å². The summed E-state index contributed by atoms with van der Waals surface area (Å²) in [7, 11) is 1.52. The lowest BCUT2D eigenvalue weighted by Gasteiger charge is -2.11. The fourth-order valence-electron chi connectivity index (χ4n) is 1.54. The van der Waals surface area contributed by atoms with E-state index in [1.165, 1.54) is 7.11 Å². The Kier molecular flexibility index (Phi) is 5.41. The molecule has 5 N–H and O–H groups in total. The SMILES string of the molecule is COc1ccc(CNCC(C)O)cc1C(N)=NO.